The number of anilines is 1. The Morgan fingerprint density at radius 1 is 0.677 bits per heavy atom. The Balaban J connectivity index is 1.53. The van der Waals surface area contributed by atoms with Gasteiger partial charge in [0.15, 0.2) is 5.78 Å². The summed E-state index contributed by atoms with van der Waals surface area (Å²) >= 11 is 0. The molecule has 4 aromatic carbocycles. The molecule has 0 aliphatic carbocycles. The van der Waals surface area contributed by atoms with Crippen LogP contribution in [0.4, 0.5) is 5.69 Å². The molecule has 0 fully saturated rings. The number of benzene rings is 4. The summed E-state index contributed by atoms with van der Waals surface area (Å²) in [6.07, 6.45) is 0. The molecule has 31 heavy (non-hydrogen) atoms. The molecule has 0 unspecified atom stereocenters. The summed E-state index contributed by atoms with van der Waals surface area (Å²) in [5, 5.41) is 2.87. The number of amides is 1. The lowest BCUT2D eigenvalue weighted by atomic mass is 9.99. The zero-order valence-corrected chi connectivity index (χ0v) is 17.0. The van der Waals surface area contributed by atoms with Crippen molar-refractivity contribution in [1.29, 1.82) is 0 Å². The molecule has 152 valence electrons. The van der Waals surface area contributed by atoms with E-state index in [1.165, 1.54) is 0 Å². The molecule has 1 amide bonds. The van der Waals surface area contributed by atoms with Crippen molar-refractivity contribution in [2.45, 2.75) is 6.92 Å². The van der Waals surface area contributed by atoms with E-state index in [-0.39, 0.29) is 11.7 Å². The van der Waals surface area contributed by atoms with E-state index >= 15 is 0 Å². The van der Waals surface area contributed by atoms with E-state index in [0.29, 0.717) is 28.1 Å². The molecule has 0 saturated carbocycles. The van der Waals surface area contributed by atoms with Crippen molar-refractivity contribution in [3.63, 3.8) is 0 Å². The minimum absolute atomic E-state index is 0.133. The van der Waals surface area contributed by atoms with Gasteiger partial charge in [-0.2, -0.15) is 0 Å². The molecule has 4 nitrogen and oxygen atoms in total. The summed E-state index contributed by atoms with van der Waals surface area (Å²) < 4.78 is 5.77. The number of carbonyl (C=O) groups excluding carboxylic acids is 2. The number of ether oxygens (including phenoxy) is 1. The largest absolute Gasteiger partial charge is 0.457 e. The van der Waals surface area contributed by atoms with Crippen molar-refractivity contribution >= 4 is 17.4 Å². The fraction of sp³-hybridized carbons (Fsp3) is 0.0370. The SMILES string of the molecule is Cc1ccc(NC(=O)c2ccc(Oc3ccccc3)cc2)c(C(=O)c2ccccc2)c1. The van der Waals surface area contributed by atoms with E-state index in [4.69, 9.17) is 4.74 Å². The van der Waals surface area contributed by atoms with Crippen molar-refractivity contribution in [2.24, 2.45) is 0 Å². The second kappa shape index (κ2) is 9.09. The maximum absolute atomic E-state index is 13.0. The van der Waals surface area contributed by atoms with Gasteiger partial charge in [0, 0.05) is 16.7 Å². The third-order valence-corrected chi connectivity index (χ3v) is 4.80. The van der Waals surface area contributed by atoms with Crippen LogP contribution in [0.5, 0.6) is 11.5 Å². The van der Waals surface area contributed by atoms with Crippen LogP contribution >= 0.6 is 0 Å². The molecule has 1 N–H and O–H groups in total. The molecule has 4 aromatic rings. The summed E-state index contributed by atoms with van der Waals surface area (Å²) in [4.78, 5) is 25.8. The molecule has 0 aromatic heterocycles. The number of nitrogens with one attached hydrogen (secondary N) is 1. The second-order valence-electron chi connectivity index (χ2n) is 7.14. The number of ketones is 1. The molecule has 4 heteroatoms. The summed E-state index contributed by atoms with van der Waals surface area (Å²) in [7, 11) is 0. The summed E-state index contributed by atoms with van der Waals surface area (Å²) in [6.45, 7) is 1.92. The monoisotopic (exact) mass is 407 g/mol. The van der Waals surface area contributed by atoms with Crippen LogP contribution in [0, 0.1) is 6.92 Å². The van der Waals surface area contributed by atoms with Crippen LogP contribution < -0.4 is 10.1 Å². The van der Waals surface area contributed by atoms with Crippen LogP contribution in [-0.4, -0.2) is 11.7 Å². The molecule has 0 saturated heterocycles. The van der Waals surface area contributed by atoms with Gasteiger partial charge in [-0.1, -0.05) is 60.2 Å². The Labute approximate surface area is 181 Å². The fourth-order valence-corrected chi connectivity index (χ4v) is 3.19. The van der Waals surface area contributed by atoms with E-state index in [1.807, 2.05) is 61.5 Å². The molecule has 4 rings (SSSR count). The Morgan fingerprint density at radius 2 is 1.29 bits per heavy atom. The van der Waals surface area contributed by atoms with Gasteiger partial charge >= 0.3 is 0 Å². The van der Waals surface area contributed by atoms with E-state index < -0.39 is 0 Å². The minimum Gasteiger partial charge on any atom is -0.457 e. The lowest BCUT2D eigenvalue weighted by molar-refractivity contribution is 0.102. The Hall–Kier alpha value is -4.18. The van der Waals surface area contributed by atoms with Crippen LogP contribution in [0.2, 0.25) is 0 Å². The summed E-state index contributed by atoms with van der Waals surface area (Å²) in [5.41, 5.74) is 2.93. The van der Waals surface area contributed by atoms with Crippen LogP contribution in [0.3, 0.4) is 0 Å². The zero-order valence-electron chi connectivity index (χ0n) is 17.0. The van der Waals surface area contributed by atoms with Crippen LogP contribution in [0.15, 0.2) is 103 Å². The first-order valence-electron chi connectivity index (χ1n) is 9.95. The average Bonchev–Trinajstić information content (AvgIpc) is 2.81. The predicted octanol–water partition coefficient (Wildman–Crippen LogP) is 6.27. The van der Waals surface area contributed by atoms with Crippen LogP contribution in [0.25, 0.3) is 0 Å². The smallest absolute Gasteiger partial charge is 0.255 e. The Kier molecular flexibility index (Phi) is 5.90. The predicted molar refractivity (Wildman–Crippen MR) is 122 cm³/mol. The van der Waals surface area contributed by atoms with E-state index in [2.05, 4.69) is 5.32 Å². The summed E-state index contributed by atoms with van der Waals surface area (Å²) in [6, 6.07) is 30.8. The maximum Gasteiger partial charge on any atom is 0.255 e. The lowest BCUT2D eigenvalue weighted by Gasteiger charge is -2.12. The standard InChI is InChI=1S/C27H21NO3/c1-19-12-17-25(24(18-19)26(29)20-8-4-2-5-9-20)28-27(30)21-13-15-23(16-14-21)31-22-10-6-3-7-11-22/h2-18H,1H3,(H,28,30). The lowest BCUT2D eigenvalue weighted by Crippen LogP contribution is -2.15. The molecule has 0 spiro atoms. The van der Waals surface area contributed by atoms with E-state index in [1.54, 1.807) is 48.5 Å². The third kappa shape index (κ3) is 4.87. The van der Waals surface area contributed by atoms with Gasteiger partial charge < -0.3 is 10.1 Å². The molecule has 0 aliphatic heterocycles. The topological polar surface area (TPSA) is 55.4 Å². The number of hydrogen-bond donors (Lipinski definition) is 1. The van der Waals surface area contributed by atoms with Gasteiger partial charge in [-0.25, -0.2) is 0 Å². The van der Waals surface area contributed by atoms with Crippen molar-refractivity contribution in [3.05, 3.63) is 125 Å². The van der Waals surface area contributed by atoms with Gasteiger partial charge in [-0.05, 0) is 55.5 Å². The van der Waals surface area contributed by atoms with Gasteiger partial charge in [-0.15, -0.1) is 0 Å². The van der Waals surface area contributed by atoms with Crippen molar-refractivity contribution in [1.82, 2.24) is 0 Å². The first kappa shape index (κ1) is 20.1. The molecule has 0 heterocycles. The summed E-state index contributed by atoms with van der Waals surface area (Å²) in [5.74, 6) is 0.935. The highest BCUT2D eigenvalue weighted by Crippen LogP contribution is 2.24. The van der Waals surface area contributed by atoms with Gasteiger partial charge in [0.25, 0.3) is 5.91 Å². The van der Waals surface area contributed by atoms with E-state index in [9.17, 15) is 9.59 Å². The van der Waals surface area contributed by atoms with Crippen molar-refractivity contribution in [3.8, 4) is 11.5 Å². The average molecular weight is 407 g/mol. The highest BCUT2D eigenvalue weighted by molar-refractivity contribution is 6.15. The van der Waals surface area contributed by atoms with E-state index in [0.717, 1.165) is 11.3 Å². The van der Waals surface area contributed by atoms with Gasteiger partial charge in [0.1, 0.15) is 11.5 Å². The van der Waals surface area contributed by atoms with Crippen LogP contribution in [0.1, 0.15) is 31.8 Å². The second-order valence-corrected chi connectivity index (χ2v) is 7.14. The Bertz CT molecular complexity index is 1200. The first-order chi connectivity index (χ1) is 15.1. The maximum atomic E-state index is 13.0. The van der Waals surface area contributed by atoms with Gasteiger partial charge in [0.2, 0.25) is 0 Å². The highest BCUT2D eigenvalue weighted by Gasteiger charge is 2.16. The minimum atomic E-state index is -0.294. The number of aryl methyl sites for hydroxylation is 1. The quantitative estimate of drug-likeness (QED) is 0.383. The fourth-order valence-electron chi connectivity index (χ4n) is 3.19. The number of carbonyl (C=O) groups is 2. The van der Waals surface area contributed by atoms with Crippen molar-refractivity contribution in [2.75, 3.05) is 5.32 Å². The highest BCUT2D eigenvalue weighted by atomic mass is 16.5. The van der Waals surface area contributed by atoms with Crippen LogP contribution in [-0.2, 0) is 0 Å². The first-order valence-corrected chi connectivity index (χ1v) is 9.95. The number of hydrogen-bond acceptors (Lipinski definition) is 3. The molecule has 0 radical (unpaired) electrons. The molecular formula is C27H21NO3. The molecule has 0 aliphatic rings. The zero-order chi connectivity index (χ0) is 21.6. The van der Waals surface area contributed by atoms with Gasteiger partial charge in [0.05, 0.1) is 5.69 Å². The molecule has 0 atom stereocenters. The normalized spacial score (nSPS) is 10.4. The van der Waals surface area contributed by atoms with Crippen molar-refractivity contribution < 1.29 is 14.3 Å². The third-order valence-electron chi connectivity index (χ3n) is 4.80. The Morgan fingerprint density at radius 3 is 1.97 bits per heavy atom. The van der Waals surface area contributed by atoms with Gasteiger partial charge in [-0.3, -0.25) is 9.59 Å². The molecule has 0 bridgehead atoms. The number of rotatable bonds is 6. The molecular weight excluding hydrogens is 386 g/mol. The number of para-hydroxylation sites is 1.